The molecule has 4 heteroatoms. The Balaban J connectivity index is 1.28. The molecule has 0 fully saturated rings. The molecule has 0 aromatic heterocycles. The van der Waals surface area contributed by atoms with Crippen molar-refractivity contribution in [1.29, 1.82) is 5.26 Å². The lowest BCUT2D eigenvalue weighted by molar-refractivity contribution is 0.413. The number of halogens is 2. The molecule has 1 aliphatic carbocycles. The summed E-state index contributed by atoms with van der Waals surface area (Å²) in [6.45, 7) is 4.22. The van der Waals surface area contributed by atoms with Gasteiger partial charge in [-0.15, -0.1) is 0 Å². The Hall–Kier alpha value is -4.12. The van der Waals surface area contributed by atoms with Crippen LogP contribution in [0.25, 0.3) is 23.3 Å². The maximum atomic E-state index is 15.1. The van der Waals surface area contributed by atoms with E-state index in [2.05, 4.69) is 36.3 Å². The first kappa shape index (κ1) is 29.4. The van der Waals surface area contributed by atoms with Gasteiger partial charge in [-0.3, -0.25) is 0 Å². The molecule has 0 saturated heterocycles. The summed E-state index contributed by atoms with van der Waals surface area (Å²) in [7, 11) is 0. The fourth-order valence-electron chi connectivity index (χ4n) is 5.61. The zero-order chi connectivity index (χ0) is 29.5. The van der Waals surface area contributed by atoms with Gasteiger partial charge in [0.05, 0.1) is 5.56 Å². The van der Waals surface area contributed by atoms with Gasteiger partial charge in [-0.05, 0) is 108 Å². The van der Waals surface area contributed by atoms with Gasteiger partial charge in [-0.2, -0.15) is 5.26 Å². The second-order valence-corrected chi connectivity index (χ2v) is 11.8. The molecule has 42 heavy (non-hydrogen) atoms. The number of hydrogen-bond acceptors (Lipinski definition) is 2. The summed E-state index contributed by atoms with van der Waals surface area (Å²) in [6.07, 6.45) is 11.2. The molecule has 0 aliphatic heterocycles. The summed E-state index contributed by atoms with van der Waals surface area (Å²) in [6, 6.07) is 22.0. The molecule has 0 radical (unpaired) electrons. The fraction of sp³-hybridized carbons (Fsp3) is 0.237. The summed E-state index contributed by atoms with van der Waals surface area (Å²) in [5.74, 6) is 5.59. The summed E-state index contributed by atoms with van der Waals surface area (Å²) in [5.41, 5.74) is 7.35. The van der Waals surface area contributed by atoms with Crippen molar-refractivity contribution in [2.45, 2.75) is 57.3 Å². The summed E-state index contributed by atoms with van der Waals surface area (Å²) in [5, 5.41) is 11.0. The van der Waals surface area contributed by atoms with E-state index in [1.54, 1.807) is 12.1 Å². The third kappa shape index (κ3) is 7.20. The van der Waals surface area contributed by atoms with Gasteiger partial charge in [-0.25, -0.2) is 8.78 Å². The average molecular weight is 574 g/mol. The standard InChI is InChI=1S/C38H33F2NS/c1-3-4-5-28-12-17-34-22-30(13-18-33(34)21-28)8-9-31-23-35(39)38(36(40)24-31)32-15-10-27(11-16-32)6-7-29-14-19-37(42-25-41)26(2)20-29/h6-7,10-11,13-16,18-20,22-24,28H,3-5,12,17,21H2,1-2H3/b7-6+. The highest BCUT2D eigenvalue weighted by molar-refractivity contribution is 8.03. The van der Waals surface area contributed by atoms with Crippen LogP contribution in [0.1, 0.15) is 71.6 Å². The van der Waals surface area contributed by atoms with Crippen LogP contribution in [-0.4, -0.2) is 0 Å². The highest BCUT2D eigenvalue weighted by Gasteiger charge is 2.18. The summed E-state index contributed by atoms with van der Waals surface area (Å²) in [4.78, 5) is 0.939. The van der Waals surface area contributed by atoms with E-state index in [4.69, 9.17) is 5.26 Å². The molecule has 0 N–H and O–H groups in total. The molecule has 1 unspecified atom stereocenters. The molecule has 0 bridgehead atoms. The normalized spacial score (nSPS) is 14.2. The van der Waals surface area contributed by atoms with Gasteiger partial charge in [0.1, 0.15) is 17.0 Å². The maximum Gasteiger partial charge on any atom is 0.138 e. The predicted octanol–water partition coefficient (Wildman–Crippen LogP) is 10.4. The Morgan fingerprint density at radius 2 is 1.57 bits per heavy atom. The molecule has 4 aromatic carbocycles. The van der Waals surface area contributed by atoms with Crippen molar-refractivity contribution in [1.82, 2.24) is 0 Å². The largest absolute Gasteiger partial charge is 0.206 e. The van der Waals surface area contributed by atoms with Crippen LogP contribution in [-0.2, 0) is 12.8 Å². The van der Waals surface area contributed by atoms with Gasteiger partial charge < -0.3 is 0 Å². The van der Waals surface area contributed by atoms with Crippen LogP contribution in [0.4, 0.5) is 8.78 Å². The molecular formula is C38H33F2NS. The van der Waals surface area contributed by atoms with Crippen molar-refractivity contribution < 1.29 is 8.78 Å². The van der Waals surface area contributed by atoms with Crippen molar-refractivity contribution in [3.8, 4) is 28.4 Å². The van der Waals surface area contributed by atoms with Crippen LogP contribution in [0, 0.1) is 47.0 Å². The number of rotatable bonds is 7. The molecule has 5 rings (SSSR count). The zero-order valence-corrected chi connectivity index (χ0v) is 24.8. The van der Waals surface area contributed by atoms with Crippen molar-refractivity contribution >= 4 is 23.9 Å². The van der Waals surface area contributed by atoms with Crippen molar-refractivity contribution in [3.05, 3.63) is 123 Å². The minimum atomic E-state index is -0.628. The lowest BCUT2D eigenvalue weighted by Crippen LogP contribution is -2.14. The van der Waals surface area contributed by atoms with Crippen molar-refractivity contribution in [3.63, 3.8) is 0 Å². The smallest absolute Gasteiger partial charge is 0.138 e. The van der Waals surface area contributed by atoms with Crippen LogP contribution >= 0.6 is 11.8 Å². The maximum absolute atomic E-state index is 15.1. The number of fused-ring (bicyclic) bond motifs is 1. The van der Waals surface area contributed by atoms with E-state index in [1.165, 1.54) is 48.9 Å². The van der Waals surface area contributed by atoms with Crippen LogP contribution in [0.2, 0.25) is 0 Å². The molecule has 0 amide bonds. The zero-order valence-electron chi connectivity index (χ0n) is 24.0. The van der Waals surface area contributed by atoms with Crippen LogP contribution < -0.4 is 0 Å². The minimum absolute atomic E-state index is 0.0521. The van der Waals surface area contributed by atoms with E-state index in [9.17, 15) is 0 Å². The van der Waals surface area contributed by atoms with Gasteiger partial charge >= 0.3 is 0 Å². The third-order valence-corrected chi connectivity index (χ3v) is 8.69. The van der Waals surface area contributed by atoms with Gasteiger partial charge in [-0.1, -0.05) is 92.6 Å². The molecule has 4 aromatic rings. The number of thiocyanates is 1. The first-order valence-corrected chi connectivity index (χ1v) is 15.3. The number of benzene rings is 4. The Morgan fingerprint density at radius 1 is 0.857 bits per heavy atom. The summed E-state index contributed by atoms with van der Waals surface area (Å²) >= 11 is 1.15. The van der Waals surface area contributed by atoms with E-state index >= 15 is 8.78 Å². The fourth-order valence-corrected chi connectivity index (χ4v) is 6.06. The van der Waals surface area contributed by atoms with Crippen LogP contribution in [0.15, 0.2) is 77.7 Å². The second-order valence-electron chi connectivity index (χ2n) is 11.0. The third-order valence-electron chi connectivity index (χ3n) is 7.92. The van der Waals surface area contributed by atoms with Gasteiger partial charge in [0.25, 0.3) is 0 Å². The first-order valence-electron chi connectivity index (χ1n) is 14.5. The second kappa shape index (κ2) is 13.7. The highest BCUT2D eigenvalue weighted by atomic mass is 32.2. The first-order chi connectivity index (χ1) is 20.4. The number of aryl methyl sites for hydroxylation is 2. The number of thioether (sulfide) groups is 1. The van der Waals surface area contributed by atoms with Gasteiger partial charge in [0, 0.05) is 16.0 Å². The van der Waals surface area contributed by atoms with Gasteiger partial charge in [0.2, 0.25) is 0 Å². The molecule has 1 aliphatic rings. The summed E-state index contributed by atoms with van der Waals surface area (Å²) < 4.78 is 30.2. The van der Waals surface area contributed by atoms with E-state index in [1.807, 2.05) is 55.5 Å². The molecule has 1 atom stereocenters. The number of nitrogens with zero attached hydrogens (tertiary/aromatic N) is 1. The molecule has 0 saturated carbocycles. The quantitative estimate of drug-likeness (QED) is 0.0950. The van der Waals surface area contributed by atoms with Crippen LogP contribution in [0.3, 0.4) is 0 Å². The highest BCUT2D eigenvalue weighted by Crippen LogP contribution is 2.30. The Morgan fingerprint density at radius 3 is 2.29 bits per heavy atom. The minimum Gasteiger partial charge on any atom is -0.206 e. The van der Waals surface area contributed by atoms with Crippen molar-refractivity contribution in [2.24, 2.45) is 5.92 Å². The average Bonchev–Trinajstić information content (AvgIpc) is 2.99. The van der Waals surface area contributed by atoms with E-state index in [-0.39, 0.29) is 5.56 Å². The topological polar surface area (TPSA) is 23.8 Å². The number of unbranched alkanes of at least 4 members (excludes halogenated alkanes) is 1. The molecule has 0 heterocycles. The van der Waals surface area contributed by atoms with Gasteiger partial charge in [0.15, 0.2) is 0 Å². The molecule has 0 spiro atoms. The van der Waals surface area contributed by atoms with E-state index < -0.39 is 11.6 Å². The predicted molar refractivity (Wildman–Crippen MR) is 171 cm³/mol. The molecular weight excluding hydrogens is 540 g/mol. The SMILES string of the molecule is CCCCC1CCc2cc(C#Cc3cc(F)c(-c4ccc(/C=C/c5ccc(SC#N)c(C)c5)cc4)c(F)c3)ccc2C1. The van der Waals surface area contributed by atoms with Crippen molar-refractivity contribution in [2.75, 3.05) is 0 Å². The monoisotopic (exact) mass is 573 g/mol. The lowest BCUT2D eigenvalue weighted by atomic mass is 9.81. The number of nitriles is 1. The van der Waals surface area contributed by atoms with Crippen LogP contribution in [0.5, 0.6) is 0 Å². The van der Waals surface area contributed by atoms with E-state index in [0.29, 0.717) is 11.1 Å². The lowest BCUT2D eigenvalue weighted by Gasteiger charge is -2.24. The van der Waals surface area contributed by atoms with E-state index in [0.717, 1.165) is 57.7 Å². The Bertz CT molecular complexity index is 1690. The Labute approximate surface area is 252 Å². The number of hydrogen-bond donors (Lipinski definition) is 0. The Kier molecular flexibility index (Phi) is 9.58. The molecule has 210 valence electrons. The molecule has 1 nitrogen and oxygen atoms in total.